The molecule has 0 saturated heterocycles. The summed E-state index contributed by atoms with van der Waals surface area (Å²) in [6.45, 7) is 0.186. The number of carbonyl (C=O) groups is 2. The smallest absolute Gasteiger partial charge is 0.255 e. The maximum Gasteiger partial charge on any atom is 0.255 e. The van der Waals surface area contributed by atoms with Crippen molar-refractivity contribution in [3.8, 4) is 28.7 Å². The number of nitrogens with one attached hydrogen (secondary N) is 1. The third kappa shape index (κ3) is 6.10. The molecule has 4 aromatic rings. The highest BCUT2D eigenvalue weighted by molar-refractivity contribution is 6.10. The van der Waals surface area contributed by atoms with Gasteiger partial charge in [0.1, 0.15) is 6.61 Å². The van der Waals surface area contributed by atoms with E-state index in [0.717, 1.165) is 5.56 Å². The van der Waals surface area contributed by atoms with E-state index in [4.69, 9.17) is 29.4 Å². The molecular formula is C31H30N2O7. The molecule has 0 aromatic heterocycles. The molecule has 9 heteroatoms. The summed E-state index contributed by atoms with van der Waals surface area (Å²) in [4.78, 5) is 26.0. The van der Waals surface area contributed by atoms with E-state index in [0.29, 0.717) is 56.8 Å². The summed E-state index contributed by atoms with van der Waals surface area (Å²) in [5.41, 5.74) is 8.98. The van der Waals surface area contributed by atoms with E-state index in [1.807, 2.05) is 0 Å². The molecule has 0 heterocycles. The fourth-order valence-corrected chi connectivity index (χ4v) is 4.03. The van der Waals surface area contributed by atoms with Gasteiger partial charge in [-0.15, -0.1) is 0 Å². The van der Waals surface area contributed by atoms with Crippen LogP contribution in [-0.2, 0) is 6.61 Å². The number of methoxy groups -OCH3 is 4. The number of carbonyl (C=O) groups excluding carboxylic acids is 2. The summed E-state index contributed by atoms with van der Waals surface area (Å²) in [6.07, 6.45) is 0. The lowest BCUT2D eigenvalue weighted by Gasteiger charge is -2.15. The van der Waals surface area contributed by atoms with Crippen LogP contribution in [0.1, 0.15) is 31.8 Å². The van der Waals surface area contributed by atoms with Crippen LogP contribution in [0.15, 0.2) is 78.9 Å². The number of hydrogen-bond acceptors (Lipinski definition) is 8. The summed E-state index contributed by atoms with van der Waals surface area (Å²) in [5.74, 6) is 1.47. The molecule has 40 heavy (non-hydrogen) atoms. The van der Waals surface area contributed by atoms with Crippen molar-refractivity contribution >= 4 is 23.1 Å². The molecule has 206 valence electrons. The highest BCUT2D eigenvalue weighted by atomic mass is 16.5. The quantitative estimate of drug-likeness (QED) is 0.192. The monoisotopic (exact) mass is 542 g/mol. The van der Waals surface area contributed by atoms with E-state index in [1.165, 1.54) is 28.4 Å². The first-order valence-corrected chi connectivity index (χ1v) is 12.3. The molecule has 9 nitrogen and oxygen atoms in total. The molecule has 0 aliphatic heterocycles. The van der Waals surface area contributed by atoms with Crippen LogP contribution in [0.2, 0.25) is 0 Å². The number of benzene rings is 4. The third-order valence-corrected chi connectivity index (χ3v) is 6.17. The van der Waals surface area contributed by atoms with Gasteiger partial charge in [-0.3, -0.25) is 9.59 Å². The van der Waals surface area contributed by atoms with Crippen molar-refractivity contribution in [2.45, 2.75) is 6.61 Å². The summed E-state index contributed by atoms with van der Waals surface area (Å²) in [6, 6.07) is 22.2. The average molecular weight is 543 g/mol. The normalized spacial score (nSPS) is 10.4. The van der Waals surface area contributed by atoms with Crippen LogP contribution in [0.4, 0.5) is 11.4 Å². The maximum atomic E-state index is 13.4. The lowest BCUT2D eigenvalue weighted by molar-refractivity contribution is 0.102. The van der Waals surface area contributed by atoms with E-state index >= 15 is 0 Å². The third-order valence-electron chi connectivity index (χ3n) is 6.17. The predicted molar refractivity (Wildman–Crippen MR) is 152 cm³/mol. The molecular weight excluding hydrogens is 512 g/mol. The summed E-state index contributed by atoms with van der Waals surface area (Å²) in [7, 11) is 6.00. The van der Waals surface area contributed by atoms with Gasteiger partial charge in [0.15, 0.2) is 28.8 Å². The number of anilines is 2. The molecule has 0 radical (unpaired) electrons. The van der Waals surface area contributed by atoms with Gasteiger partial charge in [0, 0.05) is 16.7 Å². The highest BCUT2D eigenvalue weighted by Crippen LogP contribution is 2.39. The van der Waals surface area contributed by atoms with Crippen molar-refractivity contribution in [1.82, 2.24) is 0 Å². The van der Waals surface area contributed by atoms with Gasteiger partial charge in [0.05, 0.1) is 39.8 Å². The Hall–Kier alpha value is -5.18. The van der Waals surface area contributed by atoms with E-state index in [1.54, 1.807) is 78.9 Å². The van der Waals surface area contributed by atoms with Crippen LogP contribution in [0.3, 0.4) is 0 Å². The molecule has 0 fully saturated rings. The SMILES string of the molecule is COc1ccc(C(=O)c2cc(OC)c(OC)c(OC)c2)cc1OCc1ccc(C(=O)Nc2ccccc2N)cc1. The maximum absolute atomic E-state index is 13.4. The van der Waals surface area contributed by atoms with Gasteiger partial charge in [0.25, 0.3) is 5.91 Å². The van der Waals surface area contributed by atoms with Crippen molar-refractivity contribution in [3.05, 3.63) is 101 Å². The van der Waals surface area contributed by atoms with Crippen LogP contribution < -0.4 is 34.7 Å². The molecule has 0 unspecified atom stereocenters. The first kappa shape index (κ1) is 27.8. The molecule has 0 atom stereocenters. The molecule has 0 saturated carbocycles. The number of ketones is 1. The number of nitrogens with two attached hydrogens (primary N) is 1. The Kier molecular flexibility index (Phi) is 8.75. The summed E-state index contributed by atoms with van der Waals surface area (Å²) in [5, 5.41) is 2.80. The van der Waals surface area contributed by atoms with Gasteiger partial charge < -0.3 is 34.7 Å². The van der Waals surface area contributed by atoms with Gasteiger partial charge in [-0.05, 0) is 60.2 Å². The average Bonchev–Trinajstić information content (AvgIpc) is 2.99. The Bertz CT molecular complexity index is 1490. The largest absolute Gasteiger partial charge is 0.493 e. The number of ether oxygens (including phenoxy) is 5. The Morgan fingerprint density at radius 1 is 0.675 bits per heavy atom. The molecule has 3 N–H and O–H groups in total. The van der Waals surface area contributed by atoms with Gasteiger partial charge in [-0.2, -0.15) is 0 Å². The molecule has 0 spiro atoms. The Morgan fingerprint density at radius 3 is 1.88 bits per heavy atom. The van der Waals surface area contributed by atoms with Gasteiger partial charge >= 0.3 is 0 Å². The summed E-state index contributed by atoms with van der Waals surface area (Å²) < 4.78 is 27.6. The minimum absolute atomic E-state index is 0.186. The van der Waals surface area contributed by atoms with Gasteiger partial charge in [0.2, 0.25) is 5.75 Å². The van der Waals surface area contributed by atoms with Crippen LogP contribution in [0.25, 0.3) is 0 Å². The summed E-state index contributed by atoms with van der Waals surface area (Å²) >= 11 is 0. The molecule has 4 rings (SSSR count). The fourth-order valence-electron chi connectivity index (χ4n) is 4.03. The number of nitrogen functional groups attached to an aromatic ring is 1. The van der Waals surface area contributed by atoms with Crippen LogP contribution in [0, 0.1) is 0 Å². The molecule has 1 amide bonds. The minimum atomic E-state index is -0.273. The Balaban J connectivity index is 1.49. The zero-order valence-electron chi connectivity index (χ0n) is 22.6. The lowest BCUT2D eigenvalue weighted by Crippen LogP contribution is -2.13. The second-order valence-electron chi connectivity index (χ2n) is 8.64. The fraction of sp³-hybridized carbons (Fsp3) is 0.161. The number of hydrogen-bond donors (Lipinski definition) is 2. The minimum Gasteiger partial charge on any atom is -0.493 e. The van der Waals surface area contributed by atoms with E-state index < -0.39 is 0 Å². The molecule has 0 bridgehead atoms. The van der Waals surface area contributed by atoms with Crippen molar-refractivity contribution in [2.24, 2.45) is 0 Å². The van der Waals surface area contributed by atoms with E-state index in [2.05, 4.69) is 5.32 Å². The Labute approximate surface area is 232 Å². The first-order valence-electron chi connectivity index (χ1n) is 12.3. The zero-order valence-corrected chi connectivity index (χ0v) is 22.6. The van der Waals surface area contributed by atoms with Crippen LogP contribution in [-0.4, -0.2) is 40.1 Å². The molecule has 0 aliphatic rings. The Morgan fingerprint density at radius 2 is 1.27 bits per heavy atom. The number of para-hydroxylation sites is 2. The van der Waals surface area contributed by atoms with Crippen LogP contribution in [0.5, 0.6) is 28.7 Å². The second-order valence-corrected chi connectivity index (χ2v) is 8.64. The van der Waals surface area contributed by atoms with E-state index in [-0.39, 0.29) is 18.3 Å². The van der Waals surface area contributed by atoms with Crippen LogP contribution >= 0.6 is 0 Å². The first-order chi connectivity index (χ1) is 19.4. The van der Waals surface area contributed by atoms with Crippen molar-refractivity contribution in [2.75, 3.05) is 39.5 Å². The van der Waals surface area contributed by atoms with Crippen molar-refractivity contribution < 1.29 is 33.3 Å². The highest BCUT2D eigenvalue weighted by Gasteiger charge is 2.19. The number of rotatable bonds is 11. The van der Waals surface area contributed by atoms with Gasteiger partial charge in [-0.25, -0.2) is 0 Å². The molecule has 4 aromatic carbocycles. The van der Waals surface area contributed by atoms with Crippen molar-refractivity contribution in [3.63, 3.8) is 0 Å². The predicted octanol–water partition coefficient (Wildman–Crippen LogP) is 5.37. The van der Waals surface area contributed by atoms with E-state index in [9.17, 15) is 9.59 Å². The zero-order chi connectivity index (χ0) is 28.6. The van der Waals surface area contributed by atoms with Gasteiger partial charge in [-0.1, -0.05) is 24.3 Å². The topological polar surface area (TPSA) is 118 Å². The van der Waals surface area contributed by atoms with Crippen molar-refractivity contribution in [1.29, 1.82) is 0 Å². The lowest BCUT2D eigenvalue weighted by atomic mass is 10.0. The second kappa shape index (κ2) is 12.6. The molecule has 0 aliphatic carbocycles. The standard InChI is InChI=1S/C31H30N2O7/c1-36-25-14-13-21(29(34)22-16-27(37-2)30(39-4)28(17-22)38-3)15-26(25)40-18-19-9-11-20(12-10-19)31(35)33-24-8-6-5-7-23(24)32/h5-17H,18,32H2,1-4H3,(H,33,35). The number of amides is 1.